The second-order valence-corrected chi connectivity index (χ2v) is 8.52. The van der Waals surface area contributed by atoms with Gasteiger partial charge in [0.25, 0.3) is 5.91 Å². The minimum Gasteiger partial charge on any atom is -0.494 e. The van der Waals surface area contributed by atoms with Crippen molar-refractivity contribution in [3.63, 3.8) is 0 Å². The van der Waals surface area contributed by atoms with E-state index in [1.54, 1.807) is 0 Å². The molecule has 5 rings (SSSR count). The number of hydrogen-bond donors (Lipinski definition) is 1. The van der Waals surface area contributed by atoms with E-state index >= 15 is 0 Å². The second kappa shape index (κ2) is 10.3. The summed E-state index contributed by atoms with van der Waals surface area (Å²) in [5.74, 6) is 0.843. The third kappa shape index (κ3) is 4.96. The molecule has 4 nitrogen and oxygen atoms in total. The predicted octanol–water partition coefficient (Wildman–Crippen LogP) is 6.46. The van der Waals surface area contributed by atoms with Crippen LogP contribution in [0.25, 0.3) is 0 Å². The minimum absolute atomic E-state index is 0.0254. The normalized spacial score (nSPS) is 14.9. The predicted molar refractivity (Wildman–Crippen MR) is 136 cm³/mol. The van der Waals surface area contributed by atoms with Crippen LogP contribution >= 0.6 is 0 Å². The standard InChI is InChI=1S/C30H28N2O2/c33-30-27-18-7-8-19-28(27)31-29(32(30)22-24-13-5-2-6-14-24)25-16-9-17-26(21-25)34-20-10-15-23-11-3-1-4-12-23/h1-9,11-14,16-19,21,29,31H,10,15,20,22H2. The Kier molecular flexibility index (Phi) is 6.57. The van der Waals surface area contributed by atoms with Gasteiger partial charge in [-0.25, -0.2) is 0 Å². The van der Waals surface area contributed by atoms with E-state index in [1.165, 1.54) is 5.56 Å². The van der Waals surface area contributed by atoms with Crippen molar-refractivity contribution in [1.29, 1.82) is 0 Å². The molecule has 1 amide bonds. The summed E-state index contributed by atoms with van der Waals surface area (Å²) in [6.45, 7) is 1.17. The molecule has 1 unspecified atom stereocenters. The van der Waals surface area contributed by atoms with Crippen LogP contribution in [-0.4, -0.2) is 17.4 Å². The Morgan fingerprint density at radius 1 is 0.765 bits per heavy atom. The molecule has 170 valence electrons. The molecule has 0 bridgehead atoms. The van der Waals surface area contributed by atoms with Crippen molar-refractivity contribution in [3.05, 3.63) is 131 Å². The van der Waals surface area contributed by atoms with Crippen LogP contribution in [-0.2, 0) is 13.0 Å². The van der Waals surface area contributed by atoms with Gasteiger partial charge in [0.15, 0.2) is 0 Å². The number of amides is 1. The quantitative estimate of drug-likeness (QED) is 0.314. The Balaban J connectivity index is 1.34. The van der Waals surface area contributed by atoms with Gasteiger partial charge in [-0.2, -0.15) is 0 Å². The highest BCUT2D eigenvalue weighted by Gasteiger charge is 2.32. The summed E-state index contributed by atoms with van der Waals surface area (Å²) in [4.78, 5) is 15.4. The zero-order chi connectivity index (χ0) is 23.2. The number of nitrogens with one attached hydrogen (secondary N) is 1. The van der Waals surface area contributed by atoms with Crippen LogP contribution in [0, 0.1) is 0 Å². The van der Waals surface area contributed by atoms with E-state index in [-0.39, 0.29) is 12.1 Å². The van der Waals surface area contributed by atoms with E-state index in [2.05, 4.69) is 41.7 Å². The van der Waals surface area contributed by atoms with E-state index in [1.807, 2.05) is 77.7 Å². The number of rotatable bonds is 8. The summed E-state index contributed by atoms with van der Waals surface area (Å²) in [7, 11) is 0. The third-order valence-corrected chi connectivity index (χ3v) is 6.11. The SMILES string of the molecule is O=C1c2ccccc2NC(c2cccc(OCCCc3ccccc3)c2)N1Cc1ccccc1. The summed E-state index contributed by atoms with van der Waals surface area (Å²) in [6, 6.07) is 36.3. The summed E-state index contributed by atoms with van der Waals surface area (Å²) < 4.78 is 6.08. The number of hydrogen-bond acceptors (Lipinski definition) is 3. The van der Waals surface area contributed by atoms with Gasteiger partial charge in [-0.05, 0) is 53.8 Å². The van der Waals surface area contributed by atoms with E-state index in [0.29, 0.717) is 18.7 Å². The first kappa shape index (κ1) is 21.8. The van der Waals surface area contributed by atoms with Crippen molar-refractivity contribution < 1.29 is 9.53 Å². The van der Waals surface area contributed by atoms with E-state index in [0.717, 1.165) is 35.4 Å². The average molecular weight is 449 g/mol. The Labute approximate surface area is 200 Å². The molecule has 0 saturated heterocycles. The first-order valence-electron chi connectivity index (χ1n) is 11.7. The lowest BCUT2D eigenvalue weighted by Crippen LogP contribution is -2.42. The highest BCUT2D eigenvalue weighted by atomic mass is 16.5. The smallest absolute Gasteiger partial charge is 0.258 e. The van der Waals surface area contributed by atoms with Gasteiger partial charge in [-0.3, -0.25) is 4.79 Å². The number of nitrogens with zero attached hydrogens (tertiary/aromatic N) is 1. The topological polar surface area (TPSA) is 41.6 Å². The lowest BCUT2D eigenvalue weighted by atomic mass is 10.0. The van der Waals surface area contributed by atoms with E-state index < -0.39 is 0 Å². The van der Waals surface area contributed by atoms with Crippen LogP contribution in [0.4, 0.5) is 5.69 Å². The number of para-hydroxylation sites is 1. The Morgan fingerprint density at radius 2 is 1.47 bits per heavy atom. The van der Waals surface area contributed by atoms with Gasteiger partial charge in [0.05, 0.1) is 12.2 Å². The van der Waals surface area contributed by atoms with Gasteiger partial charge >= 0.3 is 0 Å². The fraction of sp³-hybridized carbons (Fsp3) is 0.167. The molecule has 1 heterocycles. The van der Waals surface area contributed by atoms with E-state index in [4.69, 9.17) is 4.74 Å². The second-order valence-electron chi connectivity index (χ2n) is 8.52. The molecule has 4 heteroatoms. The molecular weight excluding hydrogens is 420 g/mol. The fourth-order valence-corrected chi connectivity index (χ4v) is 4.38. The maximum absolute atomic E-state index is 13.5. The Hall–Kier alpha value is -4.05. The van der Waals surface area contributed by atoms with Gasteiger partial charge in [0.1, 0.15) is 11.9 Å². The van der Waals surface area contributed by atoms with Crippen LogP contribution < -0.4 is 10.1 Å². The number of aryl methyl sites for hydroxylation is 1. The van der Waals surface area contributed by atoms with Crippen molar-refractivity contribution in [1.82, 2.24) is 4.90 Å². The van der Waals surface area contributed by atoms with E-state index in [9.17, 15) is 4.79 Å². The van der Waals surface area contributed by atoms with Crippen molar-refractivity contribution in [2.45, 2.75) is 25.6 Å². The maximum Gasteiger partial charge on any atom is 0.258 e. The molecule has 1 atom stereocenters. The molecule has 0 aliphatic carbocycles. The van der Waals surface area contributed by atoms with Crippen LogP contribution in [0.5, 0.6) is 5.75 Å². The zero-order valence-corrected chi connectivity index (χ0v) is 19.1. The molecule has 0 saturated carbocycles. The molecule has 4 aromatic rings. The van der Waals surface area contributed by atoms with Crippen LogP contribution in [0.3, 0.4) is 0 Å². The Morgan fingerprint density at radius 3 is 2.26 bits per heavy atom. The molecule has 1 N–H and O–H groups in total. The number of carbonyl (C=O) groups is 1. The van der Waals surface area contributed by atoms with Gasteiger partial charge in [0.2, 0.25) is 0 Å². The average Bonchev–Trinajstić information content (AvgIpc) is 2.90. The molecule has 0 fully saturated rings. The van der Waals surface area contributed by atoms with Crippen molar-refractivity contribution in [2.75, 3.05) is 11.9 Å². The summed E-state index contributed by atoms with van der Waals surface area (Å²) in [5, 5.41) is 3.58. The summed E-state index contributed by atoms with van der Waals surface area (Å²) in [5.41, 5.74) is 4.97. The first-order valence-corrected chi connectivity index (χ1v) is 11.7. The number of benzene rings is 4. The highest BCUT2D eigenvalue weighted by Crippen LogP contribution is 2.35. The van der Waals surface area contributed by atoms with Crippen LogP contribution in [0.15, 0.2) is 109 Å². The molecule has 0 aromatic heterocycles. The first-order chi connectivity index (χ1) is 16.8. The molecule has 0 radical (unpaired) electrons. The highest BCUT2D eigenvalue weighted by molar-refractivity contribution is 6.01. The lowest BCUT2D eigenvalue weighted by molar-refractivity contribution is 0.0666. The molecule has 1 aliphatic rings. The van der Waals surface area contributed by atoms with Crippen LogP contribution in [0.2, 0.25) is 0 Å². The molecule has 34 heavy (non-hydrogen) atoms. The lowest BCUT2D eigenvalue weighted by Gasteiger charge is -2.38. The van der Waals surface area contributed by atoms with Gasteiger partial charge in [-0.1, -0.05) is 84.9 Å². The third-order valence-electron chi connectivity index (χ3n) is 6.11. The van der Waals surface area contributed by atoms with Crippen molar-refractivity contribution >= 4 is 11.6 Å². The van der Waals surface area contributed by atoms with Gasteiger partial charge in [-0.15, -0.1) is 0 Å². The molecule has 4 aromatic carbocycles. The summed E-state index contributed by atoms with van der Waals surface area (Å²) >= 11 is 0. The number of fused-ring (bicyclic) bond motifs is 1. The van der Waals surface area contributed by atoms with Gasteiger partial charge < -0.3 is 15.0 Å². The Bertz CT molecular complexity index is 1240. The molecule has 0 spiro atoms. The summed E-state index contributed by atoms with van der Waals surface area (Å²) in [6.07, 6.45) is 1.65. The number of carbonyl (C=O) groups excluding carboxylic acids is 1. The van der Waals surface area contributed by atoms with Crippen molar-refractivity contribution in [2.24, 2.45) is 0 Å². The fourth-order valence-electron chi connectivity index (χ4n) is 4.38. The number of ether oxygens (including phenoxy) is 1. The monoisotopic (exact) mass is 448 g/mol. The van der Waals surface area contributed by atoms with Gasteiger partial charge in [0, 0.05) is 12.2 Å². The minimum atomic E-state index is -0.282. The van der Waals surface area contributed by atoms with Crippen molar-refractivity contribution in [3.8, 4) is 5.75 Å². The maximum atomic E-state index is 13.5. The molecule has 1 aliphatic heterocycles. The van der Waals surface area contributed by atoms with Crippen LogP contribution in [0.1, 0.15) is 39.6 Å². The molecular formula is C30H28N2O2. The largest absolute Gasteiger partial charge is 0.494 e. The number of anilines is 1. The zero-order valence-electron chi connectivity index (χ0n) is 19.1.